The summed E-state index contributed by atoms with van der Waals surface area (Å²) in [6.45, 7) is 6.55. The molecule has 2 rings (SSSR count). The molecule has 2 amide bonds. The highest BCUT2D eigenvalue weighted by atomic mass is 16.5. The minimum atomic E-state index is -0.613. The Hall–Kier alpha value is -3.22. The molecule has 0 saturated heterocycles. The average molecular weight is 400 g/mol. The maximum absolute atomic E-state index is 12.2. The Kier molecular flexibility index (Phi) is 8.33. The van der Waals surface area contributed by atoms with Gasteiger partial charge in [-0.3, -0.25) is 9.59 Å². The third kappa shape index (κ3) is 7.03. The minimum Gasteiger partial charge on any atom is -0.490 e. The molecule has 0 aliphatic heterocycles. The fourth-order valence-corrected chi connectivity index (χ4v) is 2.64. The zero-order chi connectivity index (χ0) is 21.2. The van der Waals surface area contributed by atoms with Crippen LogP contribution in [0.15, 0.2) is 42.5 Å². The molecule has 0 aromatic heterocycles. The smallest absolute Gasteiger partial charge is 0.252 e. The molecule has 0 spiro atoms. The molecule has 0 unspecified atom stereocenters. The van der Waals surface area contributed by atoms with E-state index < -0.39 is 5.91 Å². The Morgan fingerprint density at radius 3 is 2.34 bits per heavy atom. The highest BCUT2D eigenvalue weighted by Crippen LogP contribution is 2.27. The summed E-state index contributed by atoms with van der Waals surface area (Å²) < 4.78 is 16.8. The van der Waals surface area contributed by atoms with Crippen molar-refractivity contribution in [2.24, 2.45) is 5.73 Å². The van der Waals surface area contributed by atoms with E-state index in [0.717, 1.165) is 0 Å². The first-order chi connectivity index (χ1) is 13.9. The van der Waals surface area contributed by atoms with Crippen molar-refractivity contribution in [2.75, 3.05) is 18.5 Å². The molecule has 0 aliphatic carbocycles. The summed E-state index contributed by atoms with van der Waals surface area (Å²) >= 11 is 0. The van der Waals surface area contributed by atoms with Gasteiger partial charge in [0.05, 0.1) is 24.9 Å². The molecule has 0 bridgehead atoms. The zero-order valence-electron chi connectivity index (χ0n) is 17.1. The Bertz CT molecular complexity index is 836. The molecule has 0 fully saturated rings. The van der Waals surface area contributed by atoms with Crippen molar-refractivity contribution in [3.05, 3.63) is 48.0 Å². The maximum Gasteiger partial charge on any atom is 0.252 e. The van der Waals surface area contributed by atoms with E-state index in [1.54, 1.807) is 12.1 Å². The molecular formula is C22H28N2O5. The van der Waals surface area contributed by atoms with Crippen LogP contribution in [0.3, 0.4) is 0 Å². The summed E-state index contributed by atoms with van der Waals surface area (Å²) in [6, 6.07) is 12.2. The van der Waals surface area contributed by atoms with Crippen LogP contribution in [0.1, 0.15) is 44.0 Å². The largest absolute Gasteiger partial charge is 0.490 e. The zero-order valence-corrected chi connectivity index (χ0v) is 17.1. The van der Waals surface area contributed by atoms with Gasteiger partial charge in [-0.1, -0.05) is 12.1 Å². The number of rotatable bonds is 11. The van der Waals surface area contributed by atoms with Gasteiger partial charge in [-0.2, -0.15) is 0 Å². The standard InChI is InChI=1S/C22H28N2O5/c1-4-27-19-8-5-6-9-20(19)28-13-7-10-21(25)24-16-11-12-18(29-15(2)3)17(14-16)22(23)26/h5-6,8-9,11-12,14-15H,4,7,10,13H2,1-3H3,(H2,23,26)(H,24,25). The number of amides is 2. The number of primary amides is 1. The Morgan fingerprint density at radius 1 is 1.03 bits per heavy atom. The molecule has 2 aromatic carbocycles. The summed E-state index contributed by atoms with van der Waals surface area (Å²) in [7, 11) is 0. The van der Waals surface area contributed by atoms with Gasteiger partial charge >= 0.3 is 0 Å². The van der Waals surface area contributed by atoms with Gasteiger partial charge in [0.2, 0.25) is 5.91 Å². The van der Waals surface area contributed by atoms with E-state index in [2.05, 4.69) is 5.32 Å². The van der Waals surface area contributed by atoms with Gasteiger partial charge < -0.3 is 25.3 Å². The molecular weight excluding hydrogens is 372 g/mol. The van der Waals surface area contributed by atoms with Crippen molar-refractivity contribution >= 4 is 17.5 Å². The van der Waals surface area contributed by atoms with Crippen molar-refractivity contribution in [3.63, 3.8) is 0 Å². The fourth-order valence-electron chi connectivity index (χ4n) is 2.64. The van der Waals surface area contributed by atoms with Gasteiger partial charge in [-0.05, 0) is 57.5 Å². The van der Waals surface area contributed by atoms with Crippen LogP contribution in [0.5, 0.6) is 17.2 Å². The third-order valence-electron chi connectivity index (χ3n) is 3.85. The SMILES string of the molecule is CCOc1ccccc1OCCCC(=O)Nc1ccc(OC(C)C)c(C(N)=O)c1. The second kappa shape index (κ2) is 10.9. The van der Waals surface area contributed by atoms with Crippen LogP contribution in [-0.4, -0.2) is 31.1 Å². The number of benzene rings is 2. The van der Waals surface area contributed by atoms with Crippen molar-refractivity contribution in [3.8, 4) is 17.2 Å². The number of para-hydroxylation sites is 2. The van der Waals surface area contributed by atoms with Crippen LogP contribution in [0.4, 0.5) is 5.69 Å². The van der Waals surface area contributed by atoms with E-state index >= 15 is 0 Å². The summed E-state index contributed by atoms with van der Waals surface area (Å²) in [6.07, 6.45) is 0.706. The molecule has 3 N–H and O–H groups in total. The number of anilines is 1. The Morgan fingerprint density at radius 2 is 1.72 bits per heavy atom. The number of ether oxygens (including phenoxy) is 3. The first kappa shape index (κ1) is 22.1. The molecule has 156 valence electrons. The molecule has 0 heterocycles. The van der Waals surface area contributed by atoms with Gasteiger partial charge in [0.25, 0.3) is 5.91 Å². The van der Waals surface area contributed by atoms with Crippen LogP contribution in [-0.2, 0) is 4.79 Å². The van der Waals surface area contributed by atoms with Gasteiger partial charge in [-0.25, -0.2) is 0 Å². The monoisotopic (exact) mass is 400 g/mol. The van der Waals surface area contributed by atoms with Gasteiger partial charge in [0.1, 0.15) is 5.75 Å². The summed E-state index contributed by atoms with van der Waals surface area (Å²) in [5.74, 6) is 0.938. The molecule has 0 saturated carbocycles. The highest BCUT2D eigenvalue weighted by Gasteiger charge is 2.13. The van der Waals surface area contributed by atoms with Gasteiger partial charge in [0.15, 0.2) is 11.5 Å². The lowest BCUT2D eigenvalue weighted by Gasteiger charge is -2.14. The molecule has 0 aliphatic rings. The normalized spacial score (nSPS) is 10.5. The lowest BCUT2D eigenvalue weighted by Crippen LogP contribution is -2.17. The summed E-state index contributed by atoms with van der Waals surface area (Å²) in [5, 5.41) is 2.77. The van der Waals surface area contributed by atoms with E-state index in [4.69, 9.17) is 19.9 Å². The van der Waals surface area contributed by atoms with Crippen LogP contribution in [0, 0.1) is 0 Å². The molecule has 2 aromatic rings. The van der Waals surface area contributed by atoms with E-state index in [1.807, 2.05) is 45.0 Å². The van der Waals surface area contributed by atoms with E-state index in [1.165, 1.54) is 6.07 Å². The second-order valence-corrected chi connectivity index (χ2v) is 6.62. The van der Waals surface area contributed by atoms with E-state index in [0.29, 0.717) is 42.6 Å². The Balaban J connectivity index is 1.86. The number of nitrogens with two attached hydrogens (primary N) is 1. The second-order valence-electron chi connectivity index (χ2n) is 6.62. The van der Waals surface area contributed by atoms with Gasteiger partial charge in [0, 0.05) is 12.1 Å². The molecule has 0 atom stereocenters. The van der Waals surface area contributed by atoms with Crippen molar-refractivity contribution in [2.45, 2.75) is 39.7 Å². The predicted octanol–water partition coefficient (Wildman–Crippen LogP) is 3.77. The first-order valence-electron chi connectivity index (χ1n) is 9.65. The number of carbonyl (C=O) groups excluding carboxylic acids is 2. The van der Waals surface area contributed by atoms with Crippen molar-refractivity contribution in [1.82, 2.24) is 0 Å². The number of hydrogen-bond acceptors (Lipinski definition) is 5. The lowest BCUT2D eigenvalue weighted by atomic mass is 10.1. The predicted molar refractivity (Wildman–Crippen MR) is 112 cm³/mol. The number of nitrogens with one attached hydrogen (secondary N) is 1. The third-order valence-corrected chi connectivity index (χ3v) is 3.85. The van der Waals surface area contributed by atoms with Gasteiger partial charge in [-0.15, -0.1) is 0 Å². The quantitative estimate of drug-likeness (QED) is 0.559. The first-order valence-corrected chi connectivity index (χ1v) is 9.65. The molecule has 7 heteroatoms. The molecule has 7 nitrogen and oxygen atoms in total. The van der Waals surface area contributed by atoms with Crippen molar-refractivity contribution in [1.29, 1.82) is 0 Å². The van der Waals surface area contributed by atoms with E-state index in [9.17, 15) is 9.59 Å². The summed E-state index contributed by atoms with van der Waals surface area (Å²) in [4.78, 5) is 23.9. The molecule has 29 heavy (non-hydrogen) atoms. The minimum absolute atomic E-state index is 0.0959. The average Bonchev–Trinajstić information content (AvgIpc) is 2.67. The maximum atomic E-state index is 12.2. The lowest BCUT2D eigenvalue weighted by molar-refractivity contribution is -0.116. The van der Waals surface area contributed by atoms with Crippen molar-refractivity contribution < 1.29 is 23.8 Å². The Labute approximate surface area is 171 Å². The van der Waals surface area contributed by atoms with Crippen LogP contribution in [0.25, 0.3) is 0 Å². The van der Waals surface area contributed by atoms with Crippen LogP contribution < -0.4 is 25.3 Å². The van der Waals surface area contributed by atoms with E-state index in [-0.39, 0.29) is 24.0 Å². The number of carbonyl (C=O) groups is 2. The fraction of sp³-hybridized carbons (Fsp3) is 0.364. The van der Waals surface area contributed by atoms with Crippen LogP contribution in [0.2, 0.25) is 0 Å². The highest BCUT2D eigenvalue weighted by molar-refractivity contribution is 5.98. The molecule has 0 radical (unpaired) electrons. The number of hydrogen-bond donors (Lipinski definition) is 2. The topological polar surface area (TPSA) is 99.9 Å². The van der Waals surface area contributed by atoms with Crippen LogP contribution >= 0.6 is 0 Å². The summed E-state index contributed by atoms with van der Waals surface area (Å²) in [5.41, 5.74) is 6.14.